The highest BCUT2D eigenvalue weighted by atomic mass is 32.2. The maximum Gasteiger partial charge on any atom is 0.339 e. The molecule has 1 fully saturated rings. The van der Waals surface area contributed by atoms with Crippen LogP contribution in [0.4, 0.5) is 4.39 Å². The Kier molecular flexibility index (Phi) is 8.51. The van der Waals surface area contributed by atoms with Crippen molar-refractivity contribution in [2.24, 2.45) is 0 Å². The van der Waals surface area contributed by atoms with Gasteiger partial charge in [0.05, 0.1) is 25.1 Å². The van der Waals surface area contributed by atoms with Crippen LogP contribution in [0, 0.1) is 0 Å². The molecule has 0 amide bonds. The van der Waals surface area contributed by atoms with Crippen LogP contribution in [0.2, 0.25) is 0 Å². The van der Waals surface area contributed by atoms with Gasteiger partial charge in [-0.3, -0.25) is 14.2 Å². The van der Waals surface area contributed by atoms with E-state index in [0.29, 0.717) is 11.2 Å². The third-order valence-electron chi connectivity index (χ3n) is 6.45. The van der Waals surface area contributed by atoms with E-state index in [0.717, 1.165) is 21.8 Å². The molecule has 5 rings (SSSR count). The van der Waals surface area contributed by atoms with Crippen LogP contribution in [0.1, 0.15) is 26.9 Å². The number of aromatic nitrogens is 2. The molecule has 1 aliphatic rings. The number of carbonyl (C=O) groups is 1. The fourth-order valence-electron chi connectivity index (χ4n) is 4.47. The van der Waals surface area contributed by atoms with Crippen LogP contribution in [0.3, 0.4) is 0 Å². The van der Waals surface area contributed by atoms with Gasteiger partial charge in [-0.2, -0.15) is 4.57 Å². The summed E-state index contributed by atoms with van der Waals surface area (Å²) in [7, 11) is 0. The molecule has 0 N–H and O–H groups in total. The summed E-state index contributed by atoms with van der Waals surface area (Å²) in [6.45, 7) is 0.726. The standard InChI is InChI=1S/C30H27FN2O5S/c31-26-27(38-19-22-12-6-2-7-13-22)24(20-37-18-21-10-4-1-5-11-21)39-29(26)32-17-16-25(34)33(30(32)36)28(35)23-14-8-3-9-15-23/h1-17,24,26-27,29H,18-20H2/t24-,26+,27-,29-/m1/s1. The predicted octanol–water partition coefficient (Wildman–Crippen LogP) is 4.45. The number of benzene rings is 3. The Morgan fingerprint density at radius 1 is 0.821 bits per heavy atom. The zero-order chi connectivity index (χ0) is 27.2. The molecule has 0 radical (unpaired) electrons. The van der Waals surface area contributed by atoms with Gasteiger partial charge < -0.3 is 9.47 Å². The molecule has 0 bridgehead atoms. The minimum absolute atomic E-state index is 0.182. The smallest absolute Gasteiger partial charge is 0.339 e. The topological polar surface area (TPSA) is 79.5 Å². The maximum absolute atomic E-state index is 16.0. The number of thioether (sulfide) groups is 1. The zero-order valence-electron chi connectivity index (χ0n) is 21.0. The molecule has 0 unspecified atom stereocenters. The number of rotatable bonds is 9. The molecule has 0 spiro atoms. The third-order valence-corrected chi connectivity index (χ3v) is 7.97. The van der Waals surface area contributed by atoms with Gasteiger partial charge in [-0.05, 0) is 23.3 Å². The highest BCUT2D eigenvalue weighted by molar-refractivity contribution is 8.00. The van der Waals surface area contributed by atoms with E-state index in [2.05, 4.69) is 0 Å². The number of nitrogens with zero attached hydrogens (tertiary/aromatic N) is 2. The van der Waals surface area contributed by atoms with Crippen LogP contribution in [-0.2, 0) is 22.7 Å². The van der Waals surface area contributed by atoms with Crippen molar-refractivity contribution in [1.29, 1.82) is 0 Å². The third kappa shape index (κ3) is 6.11. The van der Waals surface area contributed by atoms with E-state index in [-0.39, 0.29) is 18.8 Å². The molecule has 2 heterocycles. The first kappa shape index (κ1) is 26.8. The lowest BCUT2D eigenvalue weighted by molar-refractivity contribution is -0.0262. The molecule has 7 nitrogen and oxygen atoms in total. The van der Waals surface area contributed by atoms with Crippen LogP contribution in [0.5, 0.6) is 0 Å². The van der Waals surface area contributed by atoms with E-state index in [4.69, 9.17) is 9.47 Å². The van der Waals surface area contributed by atoms with Gasteiger partial charge in [-0.1, -0.05) is 78.9 Å². The van der Waals surface area contributed by atoms with Crippen molar-refractivity contribution in [2.45, 2.75) is 36.1 Å². The number of hydrogen-bond donors (Lipinski definition) is 0. The van der Waals surface area contributed by atoms with Gasteiger partial charge in [-0.15, -0.1) is 11.8 Å². The highest BCUT2D eigenvalue weighted by Gasteiger charge is 2.47. The summed E-state index contributed by atoms with van der Waals surface area (Å²) in [6, 6.07) is 28.2. The van der Waals surface area contributed by atoms with E-state index in [1.807, 2.05) is 60.7 Å². The number of alkyl halides is 1. The largest absolute Gasteiger partial charge is 0.376 e. The monoisotopic (exact) mass is 546 g/mol. The Balaban J connectivity index is 1.40. The van der Waals surface area contributed by atoms with Gasteiger partial charge in [0.15, 0.2) is 6.17 Å². The van der Waals surface area contributed by atoms with Gasteiger partial charge in [0, 0.05) is 17.8 Å². The minimum atomic E-state index is -1.60. The molecule has 39 heavy (non-hydrogen) atoms. The fourth-order valence-corrected chi connectivity index (χ4v) is 5.98. The molecule has 0 aliphatic carbocycles. The van der Waals surface area contributed by atoms with Crippen molar-refractivity contribution in [1.82, 2.24) is 9.13 Å². The molecular weight excluding hydrogens is 519 g/mol. The van der Waals surface area contributed by atoms with Crippen LogP contribution in [-0.4, -0.2) is 39.2 Å². The second kappa shape index (κ2) is 12.4. The van der Waals surface area contributed by atoms with Gasteiger partial charge in [0.1, 0.15) is 11.5 Å². The predicted molar refractivity (Wildman–Crippen MR) is 148 cm³/mol. The quantitative estimate of drug-likeness (QED) is 0.309. The Hall–Kier alpha value is -3.79. The second-order valence-corrected chi connectivity index (χ2v) is 10.5. The maximum atomic E-state index is 16.0. The van der Waals surface area contributed by atoms with Crippen LogP contribution in [0.25, 0.3) is 0 Å². The minimum Gasteiger partial charge on any atom is -0.376 e. The number of hydrogen-bond acceptors (Lipinski definition) is 6. The molecule has 0 saturated carbocycles. The van der Waals surface area contributed by atoms with Crippen molar-refractivity contribution in [3.8, 4) is 0 Å². The molecule has 9 heteroatoms. The first-order chi connectivity index (χ1) is 19.0. The summed E-state index contributed by atoms with van der Waals surface area (Å²) in [5.74, 6) is -0.766. The Morgan fingerprint density at radius 2 is 1.41 bits per heavy atom. The Bertz CT molecular complexity index is 1510. The number of halogens is 1. The van der Waals surface area contributed by atoms with Gasteiger partial charge >= 0.3 is 5.69 Å². The summed E-state index contributed by atoms with van der Waals surface area (Å²) in [6.07, 6.45) is -1.24. The molecule has 3 aromatic carbocycles. The SMILES string of the molecule is O=C(c1ccccc1)n1c(=O)ccn([C@@H]2S[C@H](COCc3ccccc3)[C@@H](OCc3ccccc3)[C@@H]2F)c1=O. The van der Waals surface area contributed by atoms with Gasteiger partial charge in [0.25, 0.3) is 11.5 Å². The lowest BCUT2D eigenvalue weighted by Crippen LogP contribution is -2.45. The molecule has 1 aliphatic heterocycles. The first-order valence-electron chi connectivity index (χ1n) is 12.5. The average Bonchev–Trinajstić information content (AvgIpc) is 3.28. The molecular formula is C30H27FN2O5S. The van der Waals surface area contributed by atoms with Crippen LogP contribution < -0.4 is 11.2 Å². The van der Waals surface area contributed by atoms with Gasteiger partial charge in [-0.25, -0.2) is 9.18 Å². The average molecular weight is 547 g/mol. The highest BCUT2D eigenvalue weighted by Crippen LogP contribution is 2.45. The van der Waals surface area contributed by atoms with Crippen molar-refractivity contribution in [2.75, 3.05) is 6.61 Å². The normalized spacial score (nSPS) is 20.6. The van der Waals surface area contributed by atoms with E-state index < -0.39 is 40.1 Å². The van der Waals surface area contributed by atoms with Gasteiger partial charge in [0.2, 0.25) is 0 Å². The van der Waals surface area contributed by atoms with Crippen molar-refractivity contribution in [3.05, 3.63) is 141 Å². The summed E-state index contributed by atoms with van der Waals surface area (Å²) in [5, 5.41) is -1.45. The fraction of sp³-hybridized carbons (Fsp3) is 0.233. The number of carbonyl (C=O) groups excluding carboxylic acids is 1. The molecule has 1 saturated heterocycles. The van der Waals surface area contributed by atoms with Crippen LogP contribution >= 0.6 is 11.8 Å². The summed E-state index contributed by atoms with van der Waals surface area (Å²) < 4.78 is 29.7. The second-order valence-electron chi connectivity index (χ2n) is 9.12. The van der Waals surface area contributed by atoms with E-state index >= 15 is 4.39 Å². The number of ether oxygens (including phenoxy) is 2. The van der Waals surface area contributed by atoms with Crippen LogP contribution in [0.15, 0.2) is 113 Å². The summed E-state index contributed by atoms with van der Waals surface area (Å²) >= 11 is 1.20. The molecule has 4 aromatic rings. The Morgan fingerprint density at radius 3 is 2.05 bits per heavy atom. The zero-order valence-corrected chi connectivity index (χ0v) is 21.8. The van der Waals surface area contributed by atoms with Crippen molar-refractivity contribution < 1.29 is 18.7 Å². The molecule has 4 atom stereocenters. The Labute approximate surface area is 228 Å². The molecule has 200 valence electrons. The van der Waals surface area contributed by atoms with Crippen molar-refractivity contribution in [3.63, 3.8) is 0 Å². The first-order valence-corrected chi connectivity index (χ1v) is 13.5. The lowest BCUT2D eigenvalue weighted by atomic mass is 10.1. The lowest BCUT2D eigenvalue weighted by Gasteiger charge is -2.21. The summed E-state index contributed by atoms with van der Waals surface area (Å²) in [5.41, 5.74) is 0.383. The van der Waals surface area contributed by atoms with E-state index in [1.54, 1.807) is 18.2 Å². The summed E-state index contributed by atoms with van der Waals surface area (Å²) in [4.78, 5) is 38.9. The van der Waals surface area contributed by atoms with E-state index in [9.17, 15) is 14.4 Å². The van der Waals surface area contributed by atoms with E-state index in [1.165, 1.54) is 30.1 Å². The van der Waals surface area contributed by atoms with Crippen molar-refractivity contribution >= 4 is 17.7 Å². The molecule has 1 aromatic heterocycles.